The zero-order chi connectivity index (χ0) is 15.2. The molecule has 5 nitrogen and oxygen atoms in total. The predicted octanol–water partition coefficient (Wildman–Crippen LogP) is 3.15. The monoisotopic (exact) mass is 306 g/mol. The van der Waals surface area contributed by atoms with Gasteiger partial charge in [-0.25, -0.2) is 4.98 Å². The molecule has 0 aliphatic heterocycles. The van der Waals surface area contributed by atoms with Gasteiger partial charge in [-0.1, -0.05) is 23.7 Å². The van der Waals surface area contributed by atoms with Crippen molar-refractivity contribution in [2.45, 2.75) is 13.0 Å². The Balaban J connectivity index is 2.05. The fourth-order valence-electron chi connectivity index (χ4n) is 1.65. The second-order valence-electron chi connectivity index (χ2n) is 4.23. The number of carbonyl (C=O) groups is 1. The predicted molar refractivity (Wildman–Crippen MR) is 81.0 cm³/mol. The fourth-order valence-corrected chi connectivity index (χ4v) is 1.83. The van der Waals surface area contributed by atoms with E-state index >= 15 is 0 Å². The standard InChI is InChI=1S/C15H15ClN2O3/c1-10(21-12-7-4-3-6-11(12)16)15(19)18-14-13(20-2)8-5-9-17-14/h3-10H,1-2H3,(H,17,18,19). The number of aromatic nitrogens is 1. The summed E-state index contributed by atoms with van der Waals surface area (Å²) >= 11 is 5.99. The molecular formula is C15H15ClN2O3. The van der Waals surface area contributed by atoms with E-state index in [1.54, 1.807) is 49.5 Å². The number of hydrogen-bond donors (Lipinski definition) is 1. The van der Waals surface area contributed by atoms with Crippen molar-refractivity contribution in [2.24, 2.45) is 0 Å². The third kappa shape index (κ3) is 3.86. The summed E-state index contributed by atoms with van der Waals surface area (Å²) in [6.07, 6.45) is 0.842. The summed E-state index contributed by atoms with van der Waals surface area (Å²) in [6.45, 7) is 1.63. The smallest absolute Gasteiger partial charge is 0.266 e. The van der Waals surface area contributed by atoms with Crippen molar-refractivity contribution in [3.05, 3.63) is 47.6 Å². The zero-order valence-corrected chi connectivity index (χ0v) is 12.4. The molecule has 1 aromatic heterocycles. The Morgan fingerprint density at radius 3 is 2.67 bits per heavy atom. The Morgan fingerprint density at radius 1 is 1.24 bits per heavy atom. The topological polar surface area (TPSA) is 60.5 Å². The molecule has 0 saturated carbocycles. The average molecular weight is 307 g/mol. The van der Waals surface area contributed by atoms with E-state index in [-0.39, 0.29) is 5.91 Å². The highest BCUT2D eigenvalue weighted by Crippen LogP contribution is 2.25. The van der Waals surface area contributed by atoms with Crippen molar-refractivity contribution in [1.82, 2.24) is 4.98 Å². The summed E-state index contributed by atoms with van der Waals surface area (Å²) < 4.78 is 10.7. The van der Waals surface area contributed by atoms with Gasteiger partial charge in [0.1, 0.15) is 5.75 Å². The number of methoxy groups -OCH3 is 1. The number of pyridine rings is 1. The zero-order valence-electron chi connectivity index (χ0n) is 11.7. The van der Waals surface area contributed by atoms with Gasteiger partial charge in [-0.15, -0.1) is 0 Å². The van der Waals surface area contributed by atoms with Crippen LogP contribution in [0.2, 0.25) is 5.02 Å². The first-order chi connectivity index (χ1) is 10.1. The molecule has 110 valence electrons. The number of hydrogen-bond acceptors (Lipinski definition) is 4. The molecule has 1 heterocycles. The van der Waals surface area contributed by atoms with Gasteiger partial charge in [-0.05, 0) is 31.2 Å². The fraction of sp³-hybridized carbons (Fsp3) is 0.200. The SMILES string of the molecule is COc1cccnc1NC(=O)C(C)Oc1ccccc1Cl. The summed E-state index contributed by atoms with van der Waals surface area (Å²) in [7, 11) is 1.51. The van der Waals surface area contributed by atoms with Crippen molar-refractivity contribution in [2.75, 3.05) is 12.4 Å². The van der Waals surface area contributed by atoms with Crippen LogP contribution in [0.5, 0.6) is 11.5 Å². The minimum atomic E-state index is -0.725. The number of anilines is 1. The minimum absolute atomic E-state index is 0.341. The molecule has 2 aromatic rings. The molecule has 0 saturated heterocycles. The number of rotatable bonds is 5. The number of para-hydroxylation sites is 1. The quantitative estimate of drug-likeness (QED) is 0.922. The summed E-state index contributed by atoms with van der Waals surface area (Å²) in [5.41, 5.74) is 0. The number of nitrogens with zero attached hydrogens (tertiary/aromatic N) is 1. The largest absolute Gasteiger partial charge is 0.493 e. The first-order valence-electron chi connectivity index (χ1n) is 6.33. The van der Waals surface area contributed by atoms with Crippen LogP contribution in [0.4, 0.5) is 5.82 Å². The number of ether oxygens (including phenoxy) is 2. The van der Waals surface area contributed by atoms with Gasteiger partial charge in [0.25, 0.3) is 5.91 Å². The normalized spacial score (nSPS) is 11.6. The highest BCUT2D eigenvalue weighted by molar-refractivity contribution is 6.32. The van der Waals surface area contributed by atoms with E-state index in [2.05, 4.69) is 10.3 Å². The van der Waals surface area contributed by atoms with Gasteiger partial charge in [-0.2, -0.15) is 0 Å². The highest BCUT2D eigenvalue weighted by Gasteiger charge is 2.18. The third-order valence-corrected chi connectivity index (χ3v) is 3.05. The third-order valence-electron chi connectivity index (χ3n) is 2.74. The van der Waals surface area contributed by atoms with E-state index in [4.69, 9.17) is 21.1 Å². The lowest BCUT2D eigenvalue weighted by Crippen LogP contribution is -2.30. The van der Waals surface area contributed by atoms with Gasteiger partial charge >= 0.3 is 0 Å². The molecule has 0 fully saturated rings. The molecule has 1 N–H and O–H groups in total. The number of carbonyl (C=O) groups excluding carboxylic acids is 1. The number of nitrogens with one attached hydrogen (secondary N) is 1. The lowest BCUT2D eigenvalue weighted by molar-refractivity contribution is -0.122. The van der Waals surface area contributed by atoms with E-state index in [9.17, 15) is 4.79 Å². The summed E-state index contributed by atoms with van der Waals surface area (Å²) in [6, 6.07) is 10.4. The second-order valence-corrected chi connectivity index (χ2v) is 4.64. The molecule has 0 radical (unpaired) electrons. The molecule has 0 spiro atoms. The van der Waals surface area contributed by atoms with Crippen LogP contribution in [0.3, 0.4) is 0 Å². The molecule has 6 heteroatoms. The van der Waals surface area contributed by atoms with E-state index in [1.165, 1.54) is 7.11 Å². The maximum atomic E-state index is 12.1. The molecule has 0 aliphatic carbocycles. The molecule has 0 aliphatic rings. The van der Waals surface area contributed by atoms with E-state index in [0.717, 1.165) is 0 Å². The molecule has 2 rings (SSSR count). The van der Waals surface area contributed by atoms with Crippen LogP contribution in [-0.4, -0.2) is 24.1 Å². The Bertz CT molecular complexity index is 634. The maximum absolute atomic E-state index is 12.1. The molecule has 1 amide bonds. The van der Waals surface area contributed by atoms with Crippen LogP contribution >= 0.6 is 11.6 Å². The highest BCUT2D eigenvalue weighted by atomic mass is 35.5. The Kier molecular flexibility index (Phi) is 5.00. The molecule has 1 aromatic carbocycles. The van der Waals surface area contributed by atoms with Crippen molar-refractivity contribution >= 4 is 23.3 Å². The number of halogens is 1. The molecular weight excluding hydrogens is 292 g/mol. The van der Waals surface area contributed by atoms with Crippen LogP contribution in [-0.2, 0) is 4.79 Å². The van der Waals surface area contributed by atoms with Crippen molar-refractivity contribution in [3.63, 3.8) is 0 Å². The summed E-state index contributed by atoms with van der Waals surface area (Å²) in [5.74, 6) is 0.942. The average Bonchev–Trinajstić information content (AvgIpc) is 2.50. The maximum Gasteiger partial charge on any atom is 0.266 e. The first-order valence-corrected chi connectivity index (χ1v) is 6.70. The van der Waals surface area contributed by atoms with Crippen molar-refractivity contribution < 1.29 is 14.3 Å². The first kappa shape index (κ1) is 15.1. The van der Waals surface area contributed by atoms with Gasteiger partial charge in [0.15, 0.2) is 17.7 Å². The van der Waals surface area contributed by atoms with Gasteiger partial charge in [0, 0.05) is 6.20 Å². The second kappa shape index (κ2) is 6.95. The van der Waals surface area contributed by atoms with Crippen molar-refractivity contribution in [3.8, 4) is 11.5 Å². The van der Waals surface area contributed by atoms with Crippen LogP contribution < -0.4 is 14.8 Å². The van der Waals surface area contributed by atoms with Crippen molar-refractivity contribution in [1.29, 1.82) is 0 Å². The molecule has 0 bridgehead atoms. The minimum Gasteiger partial charge on any atom is -0.493 e. The Labute approximate surface area is 127 Å². The van der Waals surface area contributed by atoms with Crippen LogP contribution in [0.1, 0.15) is 6.92 Å². The molecule has 1 atom stereocenters. The van der Waals surface area contributed by atoms with Gasteiger partial charge < -0.3 is 14.8 Å². The lowest BCUT2D eigenvalue weighted by atomic mass is 10.3. The van der Waals surface area contributed by atoms with E-state index in [0.29, 0.717) is 22.3 Å². The van der Waals surface area contributed by atoms with Gasteiger partial charge in [0.05, 0.1) is 12.1 Å². The number of amides is 1. The molecule has 21 heavy (non-hydrogen) atoms. The van der Waals surface area contributed by atoms with Gasteiger partial charge in [-0.3, -0.25) is 4.79 Å². The lowest BCUT2D eigenvalue weighted by Gasteiger charge is -2.16. The van der Waals surface area contributed by atoms with Gasteiger partial charge in [0.2, 0.25) is 0 Å². The number of benzene rings is 1. The van der Waals surface area contributed by atoms with E-state index < -0.39 is 6.10 Å². The van der Waals surface area contributed by atoms with Crippen LogP contribution in [0.15, 0.2) is 42.6 Å². The van der Waals surface area contributed by atoms with E-state index in [1.807, 2.05) is 0 Å². The van der Waals surface area contributed by atoms with Crippen LogP contribution in [0, 0.1) is 0 Å². The summed E-state index contributed by atoms with van der Waals surface area (Å²) in [5, 5.41) is 3.11. The van der Waals surface area contributed by atoms with Crippen LogP contribution in [0.25, 0.3) is 0 Å². The molecule has 1 unspecified atom stereocenters. The summed E-state index contributed by atoms with van der Waals surface area (Å²) in [4.78, 5) is 16.2. The Morgan fingerprint density at radius 2 is 1.95 bits per heavy atom. The Hall–Kier alpha value is -2.27.